The third-order valence-corrected chi connectivity index (χ3v) is 5.69. The second kappa shape index (κ2) is 7.49. The topological polar surface area (TPSA) is 58.8 Å². The maximum absolute atomic E-state index is 13.0. The minimum absolute atomic E-state index is 0.168. The molecule has 0 radical (unpaired) electrons. The Hall–Kier alpha value is -0.650. The third kappa shape index (κ3) is 4.25. The van der Waals surface area contributed by atoms with Crippen molar-refractivity contribution < 1.29 is 9.53 Å². The van der Waals surface area contributed by atoms with E-state index in [1.807, 2.05) is 0 Å². The number of morpholine rings is 1. The van der Waals surface area contributed by atoms with Crippen LogP contribution in [0, 0.1) is 5.92 Å². The predicted octanol–water partition coefficient (Wildman–Crippen LogP) is 1.60. The molecule has 5 atom stereocenters. The lowest BCUT2D eigenvalue weighted by Gasteiger charge is -2.39. The molecule has 2 saturated heterocycles. The fourth-order valence-electron chi connectivity index (χ4n) is 4.73. The van der Waals surface area contributed by atoms with Gasteiger partial charge < -0.3 is 15.4 Å². The number of nitrogens with zero attached hydrogens (tertiary/aromatic N) is 2. The summed E-state index contributed by atoms with van der Waals surface area (Å²) in [5, 5.41) is 0. The minimum atomic E-state index is 0.168. The molecule has 2 aliphatic heterocycles. The van der Waals surface area contributed by atoms with Crippen LogP contribution >= 0.6 is 0 Å². The Morgan fingerprint density at radius 3 is 2.57 bits per heavy atom. The van der Waals surface area contributed by atoms with E-state index >= 15 is 0 Å². The number of nitrogens with two attached hydrogens (primary N) is 1. The Kier molecular flexibility index (Phi) is 5.60. The van der Waals surface area contributed by atoms with E-state index in [4.69, 9.17) is 10.5 Å². The van der Waals surface area contributed by atoms with E-state index in [0.29, 0.717) is 24.2 Å². The van der Waals surface area contributed by atoms with Crippen LogP contribution in [0.1, 0.15) is 52.4 Å². The Morgan fingerprint density at radius 2 is 1.87 bits per heavy atom. The molecule has 2 N–H and O–H groups in total. The first-order chi connectivity index (χ1) is 11.0. The molecule has 1 saturated carbocycles. The Balaban J connectivity index is 1.57. The monoisotopic (exact) mass is 323 g/mol. The summed E-state index contributed by atoms with van der Waals surface area (Å²) in [4.78, 5) is 17.6. The molecule has 23 heavy (non-hydrogen) atoms. The number of hydrogen-bond acceptors (Lipinski definition) is 4. The van der Waals surface area contributed by atoms with E-state index < -0.39 is 0 Å². The molecule has 3 rings (SSSR count). The molecule has 2 heterocycles. The van der Waals surface area contributed by atoms with Gasteiger partial charge in [-0.15, -0.1) is 0 Å². The van der Waals surface area contributed by atoms with Crippen molar-refractivity contribution in [3.8, 4) is 0 Å². The molecule has 1 amide bonds. The van der Waals surface area contributed by atoms with Crippen LogP contribution in [0.2, 0.25) is 0 Å². The molecule has 0 aromatic carbocycles. The number of hydrogen-bond donors (Lipinski definition) is 1. The molecule has 5 heteroatoms. The van der Waals surface area contributed by atoms with Crippen molar-refractivity contribution in [3.05, 3.63) is 0 Å². The number of rotatable bonds is 3. The zero-order valence-corrected chi connectivity index (χ0v) is 14.7. The van der Waals surface area contributed by atoms with E-state index in [-0.39, 0.29) is 12.0 Å². The maximum atomic E-state index is 13.0. The van der Waals surface area contributed by atoms with Crippen molar-refractivity contribution in [2.75, 3.05) is 26.2 Å². The molecule has 3 aliphatic rings. The highest BCUT2D eigenvalue weighted by Gasteiger charge is 2.36. The van der Waals surface area contributed by atoms with Gasteiger partial charge in [-0.05, 0) is 46.0 Å². The fourth-order valence-corrected chi connectivity index (χ4v) is 4.73. The van der Waals surface area contributed by atoms with Crippen LogP contribution < -0.4 is 5.73 Å². The van der Waals surface area contributed by atoms with Crippen molar-refractivity contribution >= 4 is 5.91 Å². The van der Waals surface area contributed by atoms with Crippen molar-refractivity contribution in [2.45, 2.75) is 76.7 Å². The summed E-state index contributed by atoms with van der Waals surface area (Å²) in [7, 11) is 0. The van der Waals surface area contributed by atoms with Gasteiger partial charge in [-0.3, -0.25) is 9.69 Å². The summed E-state index contributed by atoms with van der Waals surface area (Å²) >= 11 is 0. The third-order valence-electron chi connectivity index (χ3n) is 5.69. The fraction of sp³-hybridized carbons (Fsp3) is 0.944. The summed E-state index contributed by atoms with van der Waals surface area (Å²) in [5.41, 5.74) is 6.08. The summed E-state index contributed by atoms with van der Waals surface area (Å²) in [6, 6.07) is 0.609. The molecule has 132 valence electrons. The summed E-state index contributed by atoms with van der Waals surface area (Å²) in [6.07, 6.45) is 6.97. The SMILES string of the molecule is C[C@@H]1CN(C[C@@H]2CCCN2C(=O)[C@@H]2CCC[C@H](N)C2)C[C@@H](C)O1. The van der Waals surface area contributed by atoms with Crippen LogP contribution in [0.5, 0.6) is 0 Å². The number of carbonyl (C=O) groups excluding carboxylic acids is 1. The van der Waals surface area contributed by atoms with Crippen LogP contribution in [0.15, 0.2) is 0 Å². The number of carbonyl (C=O) groups is 1. The van der Waals surface area contributed by atoms with Gasteiger partial charge in [-0.1, -0.05) is 6.42 Å². The molecule has 0 spiro atoms. The maximum Gasteiger partial charge on any atom is 0.226 e. The molecule has 3 fully saturated rings. The van der Waals surface area contributed by atoms with Gasteiger partial charge in [0.25, 0.3) is 0 Å². The summed E-state index contributed by atoms with van der Waals surface area (Å²) in [6.45, 7) is 8.19. The largest absolute Gasteiger partial charge is 0.373 e. The molecular formula is C18H33N3O2. The quantitative estimate of drug-likeness (QED) is 0.857. The zero-order chi connectivity index (χ0) is 16.4. The lowest BCUT2D eigenvalue weighted by atomic mass is 9.85. The van der Waals surface area contributed by atoms with Crippen molar-refractivity contribution in [3.63, 3.8) is 0 Å². The van der Waals surface area contributed by atoms with Crippen molar-refractivity contribution in [2.24, 2.45) is 11.7 Å². The molecule has 0 unspecified atom stereocenters. The first kappa shape index (κ1) is 17.2. The van der Waals surface area contributed by atoms with Gasteiger partial charge in [0.15, 0.2) is 0 Å². The first-order valence-electron chi connectivity index (χ1n) is 9.46. The van der Waals surface area contributed by atoms with Gasteiger partial charge in [-0.25, -0.2) is 0 Å². The minimum Gasteiger partial charge on any atom is -0.373 e. The van der Waals surface area contributed by atoms with Gasteiger partial charge in [-0.2, -0.15) is 0 Å². The number of ether oxygens (including phenoxy) is 1. The van der Waals surface area contributed by atoms with Gasteiger partial charge in [0.2, 0.25) is 5.91 Å². The smallest absolute Gasteiger partial charge is 0.226 e. The van der Waals surface area contributed by atoms with E-state index in [2.05, 4.69) is 23.6 Å². The lowest BCUT2D eigenvalue weighted by molar-refractivity contribution is -0.138. The molecule has 0 bridgehead atoms. The Bertz CT molecular complexity index is 407. The Morgan fingerprint density at radius 1 is 1.13 bits per heavy atom. The summed E-state index contributed by atoms with van der Waals surface area (Å²) in [5.74, 6) is 0.541. The highest BCUT2D eigenvalue weighted by Crippen LogP contribution is 2.29. The van der Waals surface area contributed by atoms with Crippen LogP contribution in [0.3, 0.4) is 0 Å². The summed E-state index contributed by atoms with van der Waals surface area (Å²) < 4.78 is 5.83. The average molecular weight is 323 g/mol. The molecule has 0 aromatic heterocycles. The second-order valence-electron chi connectivity index (χ2n) is 7.93. The molecule has 5 nitrogen and oxygen atoms in total. The second-order valence-corrected chi connectivity index (χ2v) is 7.93. The lowest BCUT2D eigenvalue weighted by Crippen LogP contribution is -2.52. The standard InChI is InChI=1S/C18H33N3O2/c1-13-10-20(11-14(2)23-13)12-17-7-4-8-21(17)18(22)15-5-3-6-16(19)9-15/h13-17H,3-12,19H2,1-2H3/t13-,14-,15-,16+,17+/m1/s1. The molecule has 1 aliphatic carbocycles. The highest BCUT2D eigenvalue weighted by molar-refractivity contribution is 5.79. The van der Waals surface area contributed by atoms with E-state index in [9.17, 15) is 4.79 Å². The van der Waals surface area contributed by atoms with Crippen molar-refractivity contribution in [1.29, 1.82) is 0 Å². The predicted molar refractivity (Wildman–Crippen MR) is 91.1 cm³/mol. The van der Waals surface area contributed by atoms with Crippen LogP contribution in [0.25, 0.3) is 0 Å². The van der Waals surface area contributed by atoms with Crippen LogP contribution in [0.4, 0.5) is 0 Å². The normalized spacial score (nSPS) is 39.6. The van der Waals surface area contributed by atoms with E-state index in [0.717, 1.165) is 64.7 Å². The van der Waals surface area contributed by atoms with Crippen LogP contribution in [-0.4, -0.2) is 66.2 Å². The van der Waals surface area contributed by atoms with Gasteiger partial charge >= 0.3 is 0 Å². The van der Waals surface area contributed by atoms with Gasteiger partial charge in [0.1, 0.15) is 0 Å². The number of likely N-dealkylation sites (tertiary alicyclic amines) is 1. The van der Waals surface area contributed by atoms with Gasteiger partial charge in [0.05, 0.1) is 12.2 Å². The average Bonchev–Trinajstić information content (AvgIpc) is 2.93. The zero-order valence-electron chi connectivity index (χ0n) is 14.7. The van der Waals surface area contributed by atoms with Gasteiger partial charge in [0, 0.05) is 44.2 Å². The van der Waals surface area contributed by atoms with E-state index in [1.54, 1.807) is 0 Å². The Labute approximate surface area is 140 Å². The molecular weight excluding hydrogens is 290 g/mol. The van der Waals surface area contributed by atoms with Crippen LogP contribution in [-0.2, 0) is 9.53 Å². The molecule has 0 aromatic rings. The highest BCUT2D eigenvalue weighted by atomic mass is 16.5. The first-order valence-corrected chi connectivity index (χ1v) is 9.46. The van der Waals surface area contributed by atoms with E-state index in [1.165, 1.54) is 0 Å². The van der Waals surface area contributed by atoms with Crippen molar-refractivity contribution in [1.82, 2.24) is 9.80 Å². The number of amides is 1.